The number of pyridine rings is 1. The van der Waals surface area contributed by atoms with Gasteiger partial charge in [-0.3, -0.25) is 4.79 Å². The molecule has 1 fully saturated rings. The van der Waals surface area contributed by atoms with E-state index in [1.165, 1.54) is 50.9 Å². The van der Waals surface area contributed by atoms with Crippen LogP contribution in [0.4, 0.5) is 0 Å². The van der Waals surface area contributed by atoms with Gasteiger partial charge in [-0.2, -0.15) is 0 Å². The molecule has 0 aliphatic carbocycles. The molecule has 1 saturated heterocycles. The van der Waals surface area contributed by atoms with Gasteiger partial charge in [-0.15, -0.1) is 0 Å². The third-order valence-electron chi connectivity index (χ3n) is 5.95. The Morgan fingerprint density at radius 3 is 2.44 bits per heavy atom. The minimum Gasteiger partial charge on any atom is -0.340 e. The first-order valence-corrected chi connectivity index (χ1v) is 10.4. The van der Waals surface area contributed by atoms with Gasteiger partial charge in [0.1, 0.15) is 0 Å². The summed E-state index contributed by atoms with van der Waals surface area (Å²) < 4.78 is 2.39. The van der Waals surface area contributed by atoms with Crippen LogP contribution >= 0.6 is 0 Å². The van der Waals surface area contributed by atoms with Crippen LogP contribution in [0.1, 0.15) is 43.2 Å². The SMILES string of the molecule is Cc1cc(C)c2c(c1)c(=O)c1ccccc1n2CCCCN1CCCCC1. The average molecular weight is 363 g/mol. The van der Waals surface area contributed by atoms with E-state index in [1.54, 1.807) is 0 Å². The van der Waals surface area contributed by atoms with Gasteiger partial charge in [0, 0.05) is 17.3 Å². The Kier molecular flexibility index (Phi) is 5.31. The van der Waals surface area contributed by atoms with Gasteiger partial charge < -0.3 is 9.47 Å². The van der Waals surface area contributed by atoms with Crippen molar-refractivity contribution in [2.45, 2.75) is 52.5 Å². The van der Waals surface area contributed by atoms with Crippen molar-refractivity contribution < 1.29 is 0 Å². The van der Waals surface area contributed by atoms with E-state index < -0.39 is 0 Å². The number of fused-ring (bicyclic) bond motifs is 2. The average Bonchev–Trinajstić information content (AvgIpc) is 2.68. The van der Waals surface area contributed by atoms with Gasteiger partial charge in [0.2, 0.25) is 0 Å². The molecule has 0 radical (unpaired) electrons. The number of para-hydroxylation sites is 1. The number of likely N-dealkylation sites (tertiary alicyclic amines) is 1. The molecule has 0 amide bonds. The summed E-state index contributed by atoms with van der Waals surface area (Å²) in [6.45, 7) is 8.91. The number of benzene rings is 2. The fourth-order valence-electron chi connectivity index (χ4n) is 4.68. The van der Waals surface area contributed by atoms with Gasteiger partial charge in [0.25, 0.3) is 0 Å². The Labute approximate surface area is 161 Å². The van der Waals surface area contributed by atoms with Crippen LogP contribution in [0.5, 0.6) is 0 Å². The fourth-order valence-corrected chi connectivity index (χ4v) is 4.68. The molecule has 3 aromatic rings. The Bertz CT molecular complexity index is 1010. The molecule has 2 aromatic carbocycles. The Morgan fingerprint density at radius 1 is 0.889 bits per heavy atom. The summed E-state index contributed by atoms with van der Waals surface area (Å²) in [6, 6.07) is 12.3. The van der Waals surface area contributed by atoms with Crippen LogP contribution in [-0.2, 0) is 6.54 Å². The summed E-state index contributed by atoms with van der Waals surface area (Å²) in [5, 5.41) is 1.70. The molecule has 1 aromatic heterocycles. The third kappa shape index (κ3) is 3.66. The van der Waals surface area contributed by atoms with E-state index in [0.717, 1.165) is 40.3 Å². The lowest BCUT2D eigenvalue weighted by atomic mass is 10.0. The third-order valence-corrected chi connectivity index (χ3v) is 5.95. The van der Waals surface area contributed by atoms with Crippen molar-refractivity contribution in [1.29, 1.82) is 0 Å². The van der Waals surface area contributed by atoms with Crippen molar-refractivity contribution in [1.82, 2.24) is 9.47 Å². The summed E-state index contributed by atoms with van der Waals surface area (Å²) in [6.07, 6.45) is 6.46. The quantitative estimate of drug-likeness (QED) is 0.469. The van der Waals surface area contributed by atoms with E-state index >= 15 is 0 Å². The molecule has 27 heavy (non-hydrogen) atoms. The number of hydrogen-bond donors (Lipinski definition) is 0. The molecule has 1 aliphatic heterocycles. The number of aryl methyl sites for hydroxylation is 3. The molecule has 0 N–H and O–H groups in total. The number of aromatic nitrogens is 1. The molecule has 4 rings (SSSR count). The number of rotatable bonds is 5. The van der Waals surface area contributed by atoms with Crippen molar-refractivity contribution in [2.24, 2.45) is 0 Å². The van der Waals surface area contributed by atoms with Gasteiger partial charge in [-0.05, 0) is 88.5 Å². The van der Waals surface area contributed by atoms with E-state index in [9.17, 15) is 4.79 Å². The van der Waals surface area contributed by atoms with Gasteiger partial charge >= 0.3 is 0 Å². The first kappa shape index (κ1) is 18.2. The van der Waals surface area contributed by atoms with E-state index in [0.29, 0.717) is 0 Å². The number of piperidine rings is 1. The van der Waals surface area contributed by atoms with Crippen LogP contribution in [-0.4, -0.2) is 29.1 Å². The largest absolute Gasteiger partial charge is 0.340 e. The van der Waals surface area contributed by atoms with E-state index in [1.807, 2.05) is 18.2 Å². The molecular weight excluding hydrogens is 332 g/mol. The summed E-state index contributed by atoms with van der Waals surface area (Å²) in [5.41, 5.74) is 4.70. The Hall–Kier alpha value is -2.13. The van der Waals surface area contributed by atoms with Gasteiger partial charge in [0.05, 0.1) is 11.0 Å². The number of unbranched alkanes of at least 4 members (excludes halogenated alkanes) is 1. The lowest BCUT2D eigenvalue weighted by Crippen LogP contribution is -2.30. The normalized spacial score (nSPS) is 15.6. The molecule has 3 nitrogen and oxygen atoms in total. The molecule has 0 bridgehead atoms. The second-order valence-corrected chi connectivity index (χ2v) is 8.09. The molecule has 0 saturated carbocycles. The summed E-state index contributed by atoms with van der Waals surface area (Å²) in [7, 11) is 0. The minimum absolute atomic E-state index is 0.164. The molecule has 142 valence electrons. The van der Waals surface area contributed by atoms with Crippen LogP contribution in [0.25, 0.3) is 21.8 Å². The van der Waals surface area contributed by atoms with Crippen molar-refractivity contribution in [2.75, 3.05) is 19.6 Å². The number of hydrogen-bond acceptors (Lipinski definition) is 2. The molecule has 3 heteroatoms. The fraction of sp³-hybridized carbons (Fsp3) is 0.458. The van der Waals surface area contributed by atoms with Gasteiger partial charge in [0.15, 0.2) is 5.43 Å². The van der Waals surface area contributed by atoms with Crippen LogP contribution in [0.2, 0.25) is 0 Å². The summed E-state index contributed by atoms with van der Waals surface area (Å²) in [5.74, 6) is 0. The summed E-state index contributed by atoms with van der Waals surface area (Å²) in [4.78, 5) is 15.7. The second-order valence-electron chi connectivity index (χ2n) is 8.09. The van der Waals surface area contributed by atoms with Crippen molar-refractivity contribution in [3.05, 3.63) is 57.7 Å². The highest BCUT2D eigenvalue weighted by Crippen LogP contribution is 2.24. The highest BCUT2D eigenvalue weighted by atomic mass is 16.1. The topological polar surface area (TPSA) is 25.2 Å². The molecule has 1 aliphatic rings. The standard InChI is InChI=1S/C24H30N2O/c1-18-16-19(2)23-21(17-18)24(27)20-10-4-5-11-22(20)26(23)15-9-8-14-25-12-6-3-7-13-25/h4-5,10-11,16-17H,3,6-9,12-15H2,1-2H3. The Balaban J connectivity index is 1.67. The molecule has 0 atom stereocenters. The predicted octanol–water partition coefficient (Wildman–Crippen LogP) is 5.04. The summed E-state index contributed by atoms with van der Waals surface area (Å²) >= 11 is 0. The number of nitrogens with zero attached hydrogens (tertiary/aromatic N) is 2. The maximum Gasteiger partial charge on any atom is 0.197 e. The Morgan fingerprint density at radius 2 is 1.63 bits per heavy atom. The van der Waals surface area contributed by atoms with Crippen LogP contribution in [0, 0.1) is 13.8 Å². The van der Waals surface area contributed by atoms with E-state index in [4.69, 9.17) is 0 Å². The lowest BCUT2D eigenvalue weighted by molar-refractivity contribution is 0.224. The minimum atomic E-state index is 0.164. The lowest BCUT2D eigenvalue weighted by Gasteiger charge is -2.26. The van der Waals surface area contributed by atoms with Gasteiger partial charge in [-0.1, -0.05) is 24.6 Å². The van der Waals surface area contributed by atoms with E-state index in [2.05, 4.69) is 41.5 Å². The van der Waals surface area contributed by atoms with Crippen LogP contribution in [0.3, 0.4) is 0 Å². The molecular formula is C24H30N2O. The highest BCUT2D eigenvalue weighted by Gasteiger charge is 2.13. The van der Waals surface area contributed by atoms with Crippen molar-refractivity contribution in [3.8, 4) is 0 Å². The maximum absolute atomic E-state index is 13.1. The zero-order valence-electron chi connectivity index (χ0n) is 16.6. The smallest absolute Gasteiger partial charge is 0.197 e. The second kappa shape index (κ2) is 7.85. The zero-order chi connectivity index (χ0) is 18.8. The first-order valence-electron chi connectivity index (χ1n) is 10.4. The first-order chi connectivity index (χ1) is 13.1. The molecule has 2 heterocycles. The van der Waals surface area contributed by atoms with Crippen molar-refractivity contribution in [3.63, 3.8) is 0 Å². The molecule has 0 spiro atoms. The van der Waals surface area contributed by atoms with E-state index in [-0.39, 0.29) is 5.43 Å². The monoisotopic (exact) mass is 362 g/mol. The highest BCUT2D eigenvalue weighted by molar-refractivity contribution is 5.95. The molecule has 0 unspecified atom stereocenters. The zero-order valence-corrected chi connectivity index (χ0v) is 16.6. The van der Waals surface area contributed by atoms with Crippen LogP contribution in [0.15, 0.2) is 41.2 Å². The maximum atomic E-state index is 13.1. The van der Waals surface area contributed by atoms with Crippen LogP contribution < -0.4 is 5.43 Å². The van der Waals surface area contributed by atoms with Gasteiger partial charge in [-0.25, -0.2) is 0 Å². The predicted molar refractivity (Wildman–Crippen MR) is 115 cm³/mol. The van der Waals surface area contributed by atoms with Crippen molar-refractivity contribution >= 4 is 21.8 Å².